The number of carbonyl (C=O) groups excluding carboxylic acids is 1. The molecule has 0 heterocycles. The van der Waals surface area contributed by atoms with Gasteiger partial charge in [0.2, 0.25) is 5.91 Å². The standard InChI is InChI=1S/C12H14ClF3N2O/c1-7(6-17-2)11(19)18-10-5-8(12(14,15)16)3-4-9(10)13/h3-5,7,17H,6H2,1-2H3,(H,18,19). The van der Waals surface area contributed by atoms with Gasteiger partial charge >= 0.3 is 6.18 Å². The van der Waals surface area contributed by atoms with Crippen LogP contribution in [0.25, 0.3) is 0 Å². The molecular formula is C12H14ClF3N2O. The van der Waals surface area contributed by atoms with Gasteiger partial charge in [0.15, 0.2) is 0 Å². The molecule has 1 rings (SSSR count). The van der Waals surface area contributed by atoms with Gasteiger partial charge in [-0.1, -0.05) is 18.5 Å². The fourth-order valence-electron chi connectivity index (χ4n) is 1.45. The van der Waals surface area contributed by atoms with Crippen LogP contribution in [-0.2, 0) is 11.0 Å². The summed E-state index contributed by atoms with van der Waals surface area (Å²) in [6.45, 7) is 2.08. The van der Waals surface area contributed by atoms with Gasteiger partial charge in [0.1, 0.15) is 0 Å². The number of halogens is 4. The van der Waals surface area contributed by atoms with Gasteiger partial charge in [-0.3, -0.25) is 4.79 Å². The van der Waals surface area contributed by atoms with Crippen LogP contribution in [-0.4, -0.2) is 19.5 Å². The molecule has 0 saturated carbocycles. The van der Waals surface area contributed by atoms with Gasteiger partial charge < -0.3 is 10.6 Å². The quantitative estimate of drug-likeness (QED) is 0.895. The summed E-state index contributed by atoms with van der Waals surface area (Å²) in [6.07, 6.45) is -4.47. The van der Waals surface area contributed by atoms with Crippen molar-refractivity contribution in [2.45, 2.75) is 13.1 Å². The van der Waals surface area contributed by atoms with Gasteiger partial charge in [0, 0.05) is 12.5 Å². The van der Waals surface area contributed by atoms with Crippen molar-refractivity contribution in [2.24, 2.45) is 5.92 Å². The Bertz CT molecular complexity index is 463. The number of anilines is 1. The molecule has 2 N–H and O–H groups in total. The highest BCUT2D eigenvalue weighted by Crippen LogP contribution is 2.33. The Morgan fingerprint density at radius 1 is 1.42 bits per heavy atom. The number of hydrogen-bond acceptors (Lipinski definition) is 2. The molecule has 0 bridgehead atoms. The Kier molecular flexibility index (Phi) is 5.20. The molecule has 7 heteroatoms. The predicted molar refractivity (Wildman–Crippen MR) is 68.2 cm³/mol. The largest absolute Gasteiger partial charge is 0.416 e. The first-order chi connectivity index (χ1) is 8.75. The van der Waals surface area contributed by atoms with E-state index in [1.165, 1.54) is 0 Å². The molecule has 0 saturated heterocycles. The lowest BCUT2D eigenvalue weighted by atomic mass is 10.1. The second-order valence-electron chi connectivity index (χ2n) is 4.14. The summed E-state index contributed by atoms with van der Waals surface area (Å²) in [6, 6.07) is 2.81. The first-order valence-electron chi connectivity index (χ1n) is 5.58. The van der Waals surface area contributed by atoms with Crippen molar-refractivity contribution in [1.82, 2.24) is 5.32 Å². The Balaban J connectivity index is 2.92. The minimum Gasteiger partial charge on any atom is -0.324 e. The smallest absolute Gasteiger partial charge is 0.324 e. The number of rotatable bonds is 4. The van der Waals surface area contributed by atoms with E-state index in [0.29, 0.717) is 6.54 Å². The first-order valence-corrected chi connectivity index (χ1v) is 5.95. The number of benzene rings is 1. The third kappa shape index (κ3) is 4.40. The van der Waals surface area contributed by atoms with Crippen LogP contribution in [0, 0.1) is 5.92 Å². The lowest BCUT2D eigenvalue weighted by Crippen LogP contribution is -2.28. The first kappa shape index (κ1) is 15.8. The van der Waals surface area contributed by atoms with Crippen molar-refractivity contribution in [3.8, 4) is 0 Å². The number of hydrogen-bond donors (Lipinski definition) is 2. The fourth-order valence-corrected chi connectivity index (χ4v) is 1.62. The van der Waals surface area contributed by atoms with E-state index in [1.807, 2.05) is 0 Å². The van der Waals surface area contributed by atoms with Crippen LogP contribution in [0.2, 0.25) is 5.02 Å². The monoisotopic (exact) mass is 294 g/mol. The van der Waals surface area contributed by atoms with Gasteiger partial charge in [-0.15, -0.1) is 0 Å². The van der Waals surface area contributed by atoms with Crippen molar-refractivity contribution in [3.05, 3.63) is 28.8 Å². The molecule has 3 nitrogen and oxygen atoms in total. The Morgan fingerprint density at radius 3 is 2.58 bits per heavy atom. The van der Waals surface area contributed by atoms with Crippen LogP contribution in [0.4, 0.5) is 18.9 Å². The van der Waals surface area contributed by atoms with E-state index in [0.717, 1.165) is 18.2 Å². The second-order valence-corrected chi connectivity index (χ2v) is 4.55. The zero-order chi connectivity index (χ0) is 14.6. The maximum Gasteiger partial charge on any atom is 0.416 e. The molecule has 1 atom stereocenters. The SMILES string of the molecule is CNCC(C)C(=O)Nc1cc(C(F)(F)F)ccc1Cl. The Labute approximate surface area is 114 Å². The second kappa shape index (κ2) is 6.25. The maximum absolute atomic E-state index is 12.6. The van der Waals surface area contributed by atoms with E-state index < -0.39 is 17.6 Å². The van der Waals surface area contributed by atoms with E-state index in [-0.39, 0.29) is 16.6 Å². The zero-order valence-corrected chi connectivity index (χ0v) is 11.2. The summed E-state index contributed by atoms with van der Waals surface area (Å²) in [5.74, 6) is -0.772. The molecule has 0 spiro atoms. The maximum atomic E-state index is 12.6. The highest BCUT2D eigenvalue weighted by atomic mass is 35.5. The summed E-state index contributed by atoms with van der Waals surface area (Å²) in [5.41, 5.74) is -0.891. The lowest BCUT2D eigenvalue weighted by molar-refractivity contribution is -0.137. The highest BCUT2D eigenvalue weighted by molar-refractivity contribution is 6.33. The number of nitrogens with one attached hydrogen (secondary N) is 2. The van der Waals surface area contributed by atoms with E-state index in [4.69, 9.17) is 11.6 Å². The van der Waals surface area contributed by atoms with Crippen molar-refractivity contribution in [3.63, 3.8) is 0 Å². The van der Waals surface area contributed by atoms with E-state index in [2.05, 4.69) is 10.6 Å². The lowest BCUT2D eigenvalue weighted by Gasteiger charge is -2.14. The third-order valence-electron chi connectivity index (χ3n) is 2.51. The molecule has 1 amide bonds. The molecule has 0 radical (unpaired) electrons. The molecule has 1 unspecified atom stereocenters. The number of amides is 1. The van der Waals surface area contributed by atoms with Crippen LogP contribution < -0.4 is 10.6 Å². The fraction of sp³-hybridized carbons (Fsp3) is 0.417. The van der Waals surface area contributed by atoms with Crippen LogP contribution in [0.1, 0.15) is 12.5 Å². The molecule has 1 aromatic carbocycles. The summed E-state index contributed by atoms with van der Waals surface area (Å²) in [4.78, 5) is 11.7. The number of alkyl halides is 3. The molecule has 19 heavy (non-hydrogen) atoms. The average Bonchev–Trinajstić information content (AvgIpc) is 2.30. The summed E-state index contributed by atoms with van der Waals surface area (Å²) in [7, 11) is 1.68. The van der Waals surface area contributed by atoms with Crippen molar-refractivity contribution < 1.29 is 18.0 Å². The molecule has 0 aliphatic rings. The summed E-state index contributed by atoms with van der Waals surface area (Å²) >= 11 is 5.77. The Morgan fingerprint density at radius 2 is 2.05 bits per heavy atom. The molecule has 0 aromatic heterocycles. The number of carbonyl (C=O) groups is 1. The highest BCUT2D eigenvalue weighted by Gasteiger charge is 2.31. The topological polar surface area (TPSA) is 41.1 Å². The van der Waals surface area contributed by atoms with Crippen LogP contribution >= 0.6 is 11.6 Å². The van der Waals surface area contributed by atoms with Gasteiger partial charge in [-0.25, -0.2) is 0 Å². The van der Waals surface area contributed by atoms with Crippen LogP contribution in [0.3, 0.4) is 0 Å². The molecule has 106 valence electrons. The molecule has 0 aliphatic heterocycles. The van der Waals surface area contributed by atoms with Gasteiger partial charge in [0.25, 0.3) is 0 Å². The van der Waals surface area contributed by atoms with E-state index in [1.54, 1.807) is 14.0 Å². The van der Waals surface area contributed by atoms with Crippen molar-refractivity contribution in [1.29, 1.82) is 0 Å². The minimum absolute atomic E-state index is 0.0376. The van der Waals surface area contributed by atoms with Crippen molar-refractivity contribution >= 4 is 23.2 Å². The average molecular weight is 295 g/mol. The summed E-state index contributed by atoms with van der Waals surface area (Å²) in [5, 5.41) is 5.27. The summed E-state index contributed by atoms with van der Waals surface area (Å²) < 4.78 is 37.7. The Hall–Kier alpha value is -1.27. The van der Waals surface area contributed by atoms with Crippen molar-refractivity contribution in [2.75, 3.05) is 18.9 Å². The molecule has 0 fully saturated rings. The van der Waals surface area contributed by atoms with Gasteiger partial charge in [0.05, 0.1) is 16.3 Å². The third-order valence-corrected chi connectivity index (χ3v) is 2.84. The zero-order valence-electron chi connectivity index (χ0n) is 10.4. The van der Waals surface area contributed by atoms with Gasteiger partial charge in [-0.05, 0) is 25.2 Å². The molecule has 0 aliphatic carbocycles. The van der Waals surface area contributed by atoms with Gasteiger partial charge in [-0.2, -0.15) is 13.2 Å². The normalized spacial score (nSPS) is 13.2. The minimum atomic E-state index is -4.47. The predicted octanol–water partition coefficient (Wildman–Crippen LogP) is 3.15. The molecule has 1 aromatic rings. The van der Waals surface area contributed by atoms with E-state index in [9.17, 15) is 18.0 Å². The van der Waals surface area contributed by atoms with E-state index >= 15 is 0 Å². The molecular weight excluding hydrogens is 281 g/mol. The van der Waals surface area contributed by atoms with Crippen LogP contribution in [0.5, 0.6) is 0 Å². The van der Waals surface area contributed by atoms with Crippen LogP contribution in [0.15, 0.2) is 18.2 Å².